The van der Waals surface area contributed by atoms with Crippen molar-refractivity contribution in [2.24, 2.45) is 0 Å². The highest BCUT2D eigenvalue weighted by atomic mass is 32.2. The number of sulfonamides is 1. The first kappa shape index (κ1) is 11.3. The molecule has 90 valence electrons. The number of urea groups is 1. The molecule has 1 spiro atoms. The highest BCUT2D eigenvalue weighted by Crippen LogP contribution is 2.26. The molecular weight excluding hydrogens is 234 g/mol. The van der Waals surface area contributed by atoms with Gasteiger partial charge in [-0.05, 0) is 12.8 Å². The van der Waals surface area contributed by atoms with E-state index in [0.717, 1.165) is 6.26 Å². The third-order valence-electron chi connectivity index (χ3n) is 3.06. The average molecular weight is 247 g/mol. The minimum Gasteiger partial charge on any atom is -0.323 e. The Balaban J connectivity index is 2.11. The van der Waals surface area contributed by atoms with Crippen LogP contribution in [0.5, 0.6) is 0 Å². The largest absolute Gasteiger partial charge is 0.323 e. The lowest BCUT2D eigenvalue weighted by atomic mass is 9.89. The van der Waals surface area contributed by atoms with Gasteiger partial charge < -0.3 is 5.32 Å². The Morgan fingerprint density at radius 3 is 2.19 bits per heavy atom. The van der Waals surface area contributed by atoms with Crippen LogP contribution in [-0.4, -0.2) is 49.5 Å². The summed E-state index contributed by atoms with van der Waals surface area (Å²) in [5.74, 6) is -0.356. The van der Waals surface area contributed by atoms with Gasteiger partial charge in [0.1, 0.15) is 5.54 Å². The number of nitrogens with one attached hydrogen (secondary N) is 2. The van der Waals surface area contributed by atoms with E-state index in [-0.39, 0.29) is 19.0 Å². The van der Waals surface area contributed by atoms with E-state index in [9.17, 15) is 18.0 Å². The van der Waals surface area contributed by atoms with Crippen molar-refractivity contribution < 1.29 is 18.0 Å². The zero-order chi connectivity index (χ0) is 12.0. The first-order chi connectivity index (χ1) is 7.33. The minimum atomic E-state index is -3.21. The average Bonchev–Trinajstić information content (AvgIpc) is 2.41. The summed E-state index contributed by atoms with van der Waals surface area (Å²) in [6, 6.07) is -0.502. The molecule has 2 saturated heterocycles. The first-order valence-corrected chi connectivity index (χ1v) is 6.77. The molecule has 0 aromatic carbocycles. The molecule has 16 heavy (non-hydrogen) atoms. The van der Waals surface area contributed by atoms with Crippen molar-refractivity contribution in [1.29, 1.82) is 0 Å². The molecule has 0 atom stereocenters. The maximum absolute atomic E-state index is 11.6. The zero-order valence-corrected chi connectivity index (χ0v) is 9.63. The number of hydrogen-bond acceptors (Lipinski definition) is 4. The number of hydrogen-bond donors (Lipinski definition) is 2. The smallest absolute Gasteiger partial charge is 0.322 e. The molecular formula is C8H13N3O4S. The number of imide groups is 1. The lowest BCUT2D eigenvalue weighted by molar-refractivity contribution is -0.125. The molecule has 0 unspecified atom stereocenters. The number of piperidine rings is 1. The summed E-state index contributed by atoms with van der Waals surface area (Å²) in [6.45, 7) is 0.513. The lowest BCUT2D eigenvalue weighted by Crippen LogP contribution is -2.55. The van der Waals surface area contributed by atoms with Crippen LogP contribution in [0.4, 0.5) is 4.79 Å². The van der Waals surface area contributed by atoms with Gasteiger partial charge in [-0.25, -0.2) is 17.5 Å². The molecule has 2 fully saturated rings. The van der Waals surface area contributed by atoms with Gasteiger partial charge in [0.15, 0.2) is 0 Å². The summed E-state index contributed by atoms with van der Waals surface area (Å²) in [7, 11) is -3.21. The summed E-state index contributed by atoms with van der Waals surface area (Å²) in [5.41, 5.74) is -0.904. The van der Waals surface area contributed by atoms with Crippen LogP contribution in [0.25, 0.3) is 0 Å². The zero-order valence-electron chi connectivity index (χ0n) is 8.82. The molecule has 0 aromatic heterocycles. The normalized spacial score (nSPS) is 25.6. The quantitative estimate of drug-likeness (QED) is 0.558. The number of nitrogens with zero attached hydrogens (tertiary/aromatic N) is 1. The Hall–Kier alpha value is -1.15. The third-order valence-corrected chi connectivity index (χ3v) is 4.36. The summed E-state index contributed by atoms with van der Waals surface area (Å²) in [5, 5.41) is 4.74. The van der Waals surface area contributed by atoms with Crippen molar-refractivity contribution in [3.8, 4) is 0 Å². The Morgan fingerprint density at radius 2 is 1.81 bits per heavy atom. The van der Waals surface area contributed by atoms with Crippen LogP contribution >= 0.6 is 0 Å². The van der Waals surface area contributed by atoms with E-state index in [1.807, 2.05) is 0 Å². The van der Waals surface area contributed by atoms with E-state index < -0.39 is 21.6 Å². The summed E-state index contributed by atoms with van der Waals surface area (Å²) >= 11 is 0. The second-order valence-corrected chi connectivity index (χ2v) is 6.13. The van der Waals surface area contributed by atoms with E-state index >= 15 is 0 Å². The Bertz CT molecular complexity index is 436. The Morgan fingerprint density at radius 1 is 1.25 bits per heavy atom. The van der Waals surface area contributed by atoms with Crippen molar-refractivity contribution in [3.05, 3.63) is 0 Å². The second-order valence-electron chi connectivity index (χ2n) is 4.15. The molecule has 2 aliphatic rings. The molecule has 2 rings (SSSR count). The van der Waals surface area contributed by atoms with Crippen LogP contribution in [0.1, 0.15) is 12.8 Å². The second kappa shape index (κ2) is 3.42. The number of rotatable bonds is 1. The summed E-state index contributed by atoms with van der Waals surface area (Å²) in [4.78, 5) is 22.6. The molecule has 8 heteroatoms. The fraction of sp³-hybridized carbons (Fsp3) is 0.750. The minimum absolute atomic E-state index is 0.256. The maximum atomic E-state index is 11.6. The van der Waals surface area contributed by atoms with Gasteiger partial charge >= 0.3 is 6.03 Å². The van der Waals surface area contributed by atoms with Crippen molar-refractivity contribution in [1.82, 2.24) is 14.9 Å². The number of carbonyl (C=O) groups is 2. The first-order valence-electron chi connectivity index (χ1n) is 4.92. The molecule has 2 heterocycles. The summed E-state index contributed by atoms with van der Waals surface area (Å²) in [6.07, 6.45) is 1.77. The van der Waals surface area contributed by atoms with E-state index in [2.05, 4.69) is 10.6 Å². The highest BCUT2D eigenvalue weighted by molar-refractivity contribution is 7.88. The van der Waals surface area contributed by atoms with Crippen molar-refractivity contribution in [3.63, 3.8) is 0 Å². The van der Waals surface area contributed by atoms with Crippen molar-refractivity contribution >= 4 is 22.0 Å². The fourth-order valence-corrected chi connectivity index (χ4v) is 2.93. The third kappa shape index (κ3) is 1.78. The molecule has 2 aliphatic heterocycles. The van der Waals surface area contributed by atoms with E-state index in [4.69, 9.17) is 0 Å². The topological polar surface area (TPSA) is 95.6 Å². The molecule has 0 radical (unpaired) electrons. The number of amides is 3. The van der Waals surface area contributed by atoms with Crippen LogP contribution < -0.4 is 10.6 Å². The monoisotopic (exact) mass is 247 g/mol. The van der Waals surface area contributed by atoms with Gasteiger partial charge in [-0.1, -0.05) is 0 Å². The van der Waals surface area contributed by atoms with Gasteiger partial charge in [-0.3, -0.25) is 10.1 Å². The van der Waals surface area contributed by atoms with Gasteiger partial charge in [0, 0.05) is 13.1 Å². The van der Waals surface area contributed by atoms with Crippen LogP contribution in [0.2, 0.25) is 0 Å². The maximum Gasteiger partial charge on any atom is 0.322 e. The van der Waals surface area contributed by atoms with Gasteiger partial charge in [0.05, 0.1) is 6.26 Å². The van der Waals surface area contributed by atoms with E-state index in [1.165, 1.54) is 4.31 Å². The van der Waals surface area contributed by atoms with Gasteiger partial charge in [0.2, 0.25) is 10.0 Å². The van der Waals surface area contributed by atoms with Gasteiger partial charge in [-0.15, -0.1) is 0 Å². The Labute approximate surface area is 93.2 Å². The van der Waals surface area contributed by atoms with E-state index in [0.29, 0.717) is 12.8 Å². The standard InChI is InChI=1S/C8H13N3O4S/c1-16(14,15)11-4-2-8(3-5-11)6(12)9-7(13)10-8/h2-5H2,1H3,(H2,9,10,12,13). The van der Waals surface area contributed by atoms with E-state index in [1.54, 1.807) is 0 Å². The fourth-order valence-electron chi connectivity index (χ4n) is 2.08. The molecule has 0 saturated carbocycles. The van der Waals surface area contributed by atoms with Gasteiger partial charge in [0.25, 0.3) is 5.91 Å². The van der Waals surface area contributed by atoms with Crippen LogP contribution in [0.3, 0.4) is 0 Å². The Kier molecular flexibility index (Phi) is 2.43. The molecule has 0 aromatic rings. The van der Waals surface area contributed by atoms with Crippen molar-refractivity contribution in [2.75, 3.05) is 19.3 Å². The van der Waals surface area contributed by atoms with Crippen LogP contribution in [0.15, 0.2) is 0 Å². The van der Waals surface area contributed by atoms with Crippen molar-refractivity contribution in [2.45, 2.75) is 18.4 Å². The molecule has 0 aliphatic carbocycles. The molecule has 3 amide bonds. The van der Waals surface area contributed by atoms with Crippen LogP contribution in [-0.2, 0) is 14.8 Å². The van der Waals surface area contributed by atoms with Crippen LogP contribution in [0, 0.1) is 0 Å². The highest BCUT2D eigenvalue weighted by Gasteiger charge is 2.48. The molecule has 7 nitrogen and oxygen atoms in total. The summed E-state index contributed by atoms with van der Waals surface area (Å²) < 4.78 is 23.9. The molecule has 0 bridgehead atoms. The lowest BCUT2D eigenvalue weighted by Gasteiger charge is -2.35. The predicted octanol–water partition coefficient (Wildman–Crippen LogP) is -1.38. The number of carbonyl (C=O) groups excluding carboxylic acids is 2. The molecule has 2 N–H and O–H groups in total. The predicted molar refractivity (Wildman–Crippen MR) is 55.1 cm³/mol. The SMILES string of the molecule is CS(=O)(=O)N1CCC2(CC1)NC(=O)NC2=O. The van der Waals surface area contributed by atoms with Gasteiger partial charge in [-0.2, -0.15) is 0 Å².